The minimum Gasteiger partial charge on any atom is -0.481 e. The van der Waals surface area contributed by atoms with Gasteiger partial charge < -0.3 is 15.4 Å². The van der Waals surface area contributed by atoms with E-state index in [1.807, 2.05) is 25.1 Å². The highest BCUT2D eigenvalue weighted by atomic mass is 16.5. The molecule has 0 radical (unpaired) electrons. The number of methoxy groups -OCH3 is 1. The summed E-state index contributed by atoms with van der Waals surface area (Å²) in [6, 6.07) is 7.29. The molecule has 2 saturated heterocycles. The van der Waals surface area contributed by atoms with Crippen LogP contribution in [0.25, 0.3) is 6.08 Å². The molecule has 2 aliphatic heterocycles. The number of aliphatic imine (C=N–C) groups is 1. The largest absolute Gasteiger partial charge is 0.481 e. The number of H-pyrrole nitrogens is 1. The van der Waals surface area contributed by atoms with Crippen molar-refractivity contribution in [3.8, 4) is 11.9 Å². The first-order valence-electron chi connectivity index (χ1n) is 11.0. The fourth-order valence-corrected chi connectivity index (χ4v) is 4.91. The predicted molar refractivity (Wildman–Crippen MR) is 127 cm³/mol. The van der Waals surface area contributed by atoms with Crippen LogP contribution in [0.4, 0.5) is 23.1 Å². The molecule has 2 bridgehead atoms. The predicted octanol–water partition coefficient (Wildman–Crippen LogP) is 4.24. The van der Waals surface area contributed by atoms with Gasteiger partial charge in [0, 0.05) is 48.8 Å². The van der Waals surface area contributed by atoms with Crippen LogP contribution in [-0.2, 0) is 0 Å². The third-order valence-corrected chi connectivity index (χ3v) is 6.28. The van der Waals surface area contributed by atoms with Crippen molar-refractivity contribution in [2.45, 2.75) is 57.2 Å². The lowest BCUT2D eigenvalue weighted by Crippen LogP contribution is -2.47. The van der Waals surface area contributed by atoms with Gasteiger partial charge in [-0.05, 0) is 39.3 Å². The standard InChI is InChI=1S/C23H30N8O/c1-4-6-18-19(25-2)13-20(27-21-14-22(32-3)30-29-21)28-23(18)26-15-11-16-7-8-17(12-15)31(16)10-5-9-24/h4,6,13-17H,2,5,7-8,10-12H2,1,3H3,(H3,26,27,28,29,30)/b6-4-/t15-,16-,17+. The van der Waals surface area contributed by atoms with Crippen LogP contribution in [0.1, 0.15) is 44.6 Å². The Morgan fingerprint density at radius 1 is 1.34 bits per heavy atom. The molecule has 168 valence electrons. The molecule has 0 saturated carbocycles. The molecule has 3 N–H and O–H groups in total. The summed E-state index contributed by atoms with van der Waals surface area (Å²) in [5.41, 5.74) is 1.67. The number of anilines is 3. The van der Waals surface area contributed by atoms with Crippen LogP contribution in [0.3, 0.4) is 0 Å². The smallest absolute Gasteiger partial charge is 0.210 e. The first-order chi connectivity index (χ1) is 15.6. The zero-order valence-corrected chi connectivity index (χ0v) is 18.6. The maximum absolute atomic E-state index is 8.98. The molecule has 2 aromatic heterocycles. The van der Waals surface area contributed by atoms with Crippen molar-refractivity contribution in [1.29, 1.82) is 5.26 Å². The van der Waals surface area contributed by atoms with E-state index in [1.54, 1.807) is 13.2 Å². The van der Waals surface area contributed by atoms with Gasteiger partial charge in [-0.2, -0.15) is 10.4 Å². The van der Waals surface area contributed by atoms with Crippen molar-refractivity contribution < 1.29 is 4.74 Å². The molecular formula is C23H30N8O. The fraction of sp³-hybridized carbons (Fsp3) is 0.478. The molecule has 0 spiro atoms. The molecule has 3 atom stereocenters. The van der Waals surface area contributed by atoms with E-state index in [-0.39, 0.29) is 0 Å². The average Bonchev–Trinajstić information content (AvgIpc) is 3.34. The SMILES string of the molecule is C=Nc1cc(Nc2cc(OC)[nH]n2)nc(N[C@@H]2C[C@H]3CC[C@@H](C2)N3CCC#N)c1/C=C\C. The molecule has 9 nitrogen and oxygen atoms in total. The lowest BCUT2D eigenvalue weighted by atomic mass is 9.96. The molecule has 0 aromatic carbocycles. The van der Waals surface area contributed by atoms with E-state index in [1.165, 1.54) is 12.8 Å². The van der Waals surface area contributed by atoms with E-state index < -0.39 is 0 Å². The monoisotopic (exact) mass is 434 g/mol. The maximum Gasteiger partial charge on any atom is 0.210 e. The Morgan fingerprint density at radius 2 is 2.12 bits per heavy atom. The molecule has 2 aromatic rings. The average molecular weight is 435 g/mol. The van der Waals surface area contributed by atoms with Gasteiger partial charge in [-0.3, -0.25) is 9.89 Å². The summed E-state index contributed by atoms with van der Waals surface area (Å²) in [4.78, 5) is 11.6. The first kappa shape index (κ1) is 21.8. The highest BCUT2D eigenvalue weighted by Gasteiger charge is 2.40. The van der Waals surface area contributed by atoms with Crippen molar-refractivity contribution >= 4 is 35.9 Å². The van der Waals surface area contributed by atoms with Gasteiger partial charge in [0.1, 0.15) is 11.6 Å². The number of fused-ring (bicyclic) bond motifs is 2. The van der Waals surface area contributed by atoms with Crippen LogP contribution >= 0.6 is 0 Å². The van der Waals surface area contributed by atoms with Crippen molar-refractivity contribution in [3.63, 3.8) is 0 Å². The summed E-state index contributed by atoms with van der Waals surface area (Å²) in [7, 11) is 1.59. The normalized spacial score (nSPS) is 22.6. The van der Waals surface area contributed by atoms with Crippen molar-refractivity contribution in [3.05, 3.63) is 23.8 Å². The molecule has 0 unspecified atom stereocenters. The molecule has 9 heteroatoms. The van der Waals surface area contributed by atoms with Gasteiger partial charge >= 0.3 is 0 Å². The molecule has 32 heavy (non-hydrogen) atoms. The molecule has 2 aliphatic rings. The number of nitriles is 1. The zero-order valence-electron chi connectivity index (χ0n) is 18.6. The van der Waals surface area contributed by atoms with E-state index in [0.29, 0.717) is 42.1 Å². The minimum atomic E-state index is 0.320. The highest BCUT2D eigenvalue weighted by molar-refractivity contribution is 5.78. The first-order valence-corrected chi connectivity index (χ1v) is 11.0. The van der Waals surface area contributed by atoms with Crippen LogP contribution in [-0.4, -0.2) is 58.6 Å². The summed E-state index contributed by atoms with van der Waals surface area (Å²) in [5, 5.41) is 22.9. The molecule has 0 amide bonds. The van der Waals surface area contributed by atoms with Gasteiger partial charge in [-0.15, -0.1) is 0 Å². The van der Waals surface area contributed by atoms with E-state index >= 15 is 0 Å². The number of ether oxygens (including phenoxy) is 1. The van der Waals surface area contributed by atoms with Gasteiger partial charge in [-0.25, -0.2) is 10.1 Å². The molecular weight excluding hydrogens is 404 g/mol. The topological polar surface area (TPSA) is 114 Å². The van der Waals surface area contributed by atoms with Crippen molar-refractivity contribution in [2.75, 3.05) is 24.3 Å². The Kier molecular flexibility index (Phi) is 6.71. The van der Waals surface area contributed by atoms with E-state index in [4.69, 9.17) is 15.0 Å². The number of rotatable bonds is 9. The van der Waals surface area contributed by atoms with Crippen LogP contribution in [0.15, 0.2) is 23.2 Å². The zero-order chi connectivity index (χ0) is 22.5. The number of piperidine rings is 1. The maximum atomic E-state index is 8.98. The second-order valence-corrected chi connectivity index (χ2v) is 8.24. The number of nitrogens with zero attached hydrogens (tertiary/aromatic N) is 5. The summed E-state index contributed by atoms with van der Waals surface area (Å²) >= 11 is 0. The van der Waals surface area contributed by atoms with Crippen LogP contribution in [0.5, 0.6) is 5.88 Å². The quantitative estimate of drug-likeness (QED) is 0.506. The van der Waals surface area contributed by atoms with Crippen LogP contribution < -0.4 is 15.4 Å². The van der Waals surface area contributed by atoms with E-state index in [0.717, 1.165) is 36.5 Å². The van der Waals surface area contributed by atoms with Crippen LogP contribution in [0, 0.1) is 11.3 Å². The lowest BCUT2D eigenvalue weighted by molar-refractivity contribution is 0.135. The molecule has 4 rings (SSSR count). The second-order valence-electron chi connectivity index (χ2n) is 8.24. The summed E-state index contributed by atoms with van der Waals surface area (Å²) in [6.07, 6.45) is 9.08. The van der Waals surface area contributed by atoms with E-state index in [9.17, 15) is 0 Å². The summed E-state index contributed by atoms with van der Waals surface area (Å²) < 4.78 is 5.16. The Labute approximate surface area is 188 Å². The van der Waals surface area contributed by atoms with Crippen molar-refractivity contribution in [2.24, 2.45) is 4.99 Å². The van der Waals surface area contributed by atoms with Gasteiger partial charge in [0.25, 0.3) is 0 Å². The second kappa shape index (κ2) is 9.83. The van der Waals surface area contributed by atoms with Crippen molar-refractivity contribution in [1.82, 2.24) is 20.1 Å². The highest BCUT2D eigenvalue weighted by Crippen LogP contribution is 2.38. The third kappa shape index (κ3) is 4.60. The molecule has 2 fully saturated rings. The minimum absolute atomic E-state index is 0.320. The number of nitrogens with one attached hydrogen (secondary N) is 3. The fourth-order valence-electron chi connectivity index (χ4n) is 4.91. The Balaban J connectivity index is 1.56. The summed E-state index contributed by atoms with van der Waals surface area (Å²) in [6.45, 7) is 6.61. The third-order valence-electron chi connectivity index (χ3n) is 6.28. The molecule has 0 aliphatic carbocycles. The number of aromatic amines is 1. The number of allylic oxidation sites excluding steroid dienone is 1. The summed E-state index contributed by atoms with van der Waals surface area (Å²) in [5.74, 6) is 2.59. The van der Waals surface area contributed by atoms with Gasteiger partial charge in [0.05, 0.1) is 18.9 Å². The number of aromatic nitrogens is 3. The van der Waals surface area contributed by atoms with E-state index in [2.05, 4.69) is 43.5 Å². The van der Waals surface area contributed by atoms with Crippen LogP contribution in [0.2, 0.25) is 0 Å². The molecule has 4 heterocycles. The van der Waals surface area contributed by atoms with Gasteiger partial charge in [-0.1, -0.05) is 12.2 Å². The number of hydrogen-bond donors (Lipinski definition) is 3. The lowest BCUT2D eigenvalue weighted by Gasteiger charge is -2.39. The Bertz CT molecular complexity index is 1010. The number of hydrogen-bond acceptors (Lipinski definition) is 8. The van der Waals surface area contributed by atoms with Gasteiger partial charge in [0.2, 0.25) is 5.88 Å². The Morgan fingerprint density at radius 3 is 2.75 bits per heavy atom. The van der Waals surface area contributed by atoms with Gasteiger partial charge in [0.15, 0.2) is 5.82 Å². The number of pyridine rings is 1. The Hall–Kier alpha value is -3.38.